The molecule has 0 saturated carbocycles. The molecule has 1 aliphatic carbocycles. The topological polar surface area (TPSA) is 81.7 Å². The second-order valence-corrected chi connectivity index (χ2v) is 11.0. The van der Waals surface area contributed by atoms with Gasteiger partial charge in [-0.1, -0.05) is 69.2 Å². The SMILES string of the molecule is CCCC(=O)Oc1ccc(NC(=O)/C=C(C)/C=C/C=C(C)/C=C/C2=C(C)CCCC2(C)C)cc1OC(=O)CCC. The van der Waals surface area contributed by atoms with E-state index in [9.17, 15) is 14.4 Å². The molecule has 40 heavy (non-hydrogen) atoms. The third-order valence-corrected chi connectivity index (χ3v) is 6.70. The second-order valence-electron chi connectivity index (χ2n) is 11.0. The average Bonchev–Trinajstić information content (AvgIpc) is 2.85. The Morgan fingerprint density at radius 1 is 0.950 bits per heavy atom. The molecule has 0 radical (unpaired) electrons. The number of hydrogen-bond acceptors (Lipinski definition) is 5. The largest absolute Gasteiger partial charge is 0.423 e. The number of anilines is 1. The Labute approximate surface area is 239 Å². The molecule has 2 rings (SSSR count). The maximum atomic E-state index is 12.6. The summed E-state index contributed by atoms with van der Waals surface area (Å²) in [7, 11) is 0. The Morgan fingerprint density at radius 3 is 2.23 bits per heavy atom. The van der Waals surface area contributed by atoms with Gasteiger partial charge < -0.3 is 14.8 Å². The van der Waals surface area contributed by atoms with Crippen LogP contribution in [0.2, 0.25) is 0 Å². The molecule has 0 heterocycles. The van der Waals surface area contributed by atoms with E-state index in [4.69, 9.17) is 9.47 Å². The molecule has 1 aromatic rings. The summed E-state index contributed by atoms with van der Waals surface area (Å²) in [6, 6.07) is 4.61. The number of benzene rings is 1. The monoisotopic (exact) mass is 547 g/mol. The van der Waals surface area contributed by atoms with Crippen molar-refractivity contribution in [2.75, 3.05) is 5.32 Å². The number of hydrogen-bond donors (Lipinski definition) is 1. The third kappa shape index (κ3) is 10.8. The molecule has 0 atom stereocenters. The summed E-state index contributed by atoms with van der Waals surface area (Å²) in [5, 5.41) is 2.78. The van der Waals surface area contributed by atoms with E-state index in [1.54, 1.807) is 6.07 Å². The lowest BCUT2D eigenvalue weighted by Gasteiger charge is -2.32. The molecule has 216 valence electrons. The molecule has 1 aliphatic rings. The fourth-order valence-corrected chi connectivity index (χ4v) is 4.57. The molecule has 6 nitrogen and oxygen atoms in total. The Morgan fingerprint density at radius 2 is 1.60 bits per heavy atom. The van der Waals surface area contributed by atoms with Crippen LogP contribution in [0.4, 0.5) is 5.69 Å². The van der Waals surface area contributed by atoms with E-state index in [1.165, 1.54) is 48.6 Å². The van der Waals surface area contributed by atoms with E-state index < -0.39 is 11.9 Å². The summed E-state index contributed by atoms with van der Waals surface area (Å²) in [6.07, 6.45) is 17.1. The number of rotatable bonds is 12. The maximum Gasteiger partial charge on any atom is 0.311 e. The molecule has 1 N–H and O–H groups in total. The zero-order chi connectivity index (χ0) is 29.7. The van der Waals surface area contributed by atoms with Gasteiger partial charge in [0.25, 0.3) is 0 Å². The first kappa shape index (κ1) is 32.5. The molecule has 6 heteroatoms. The quantitative estimate of drug-likeness (QED) is 0.123. The van der Waals surface area contributed by atoms with Gasteiger partial charge in [0, 0.05) is 30.7 Å². The van der Waals surface area contributed by atoms with Gasteiger partial charge in [-0.2, -0.15) is 0 Å². The van der Waals surface area contributed by atoms with Gasteiger partial charge in [-0.25, -0.2) is 0 Å². The highest BCUT2D eigenvalue weighted by Gasteiger charge is 2.26. The smallest absolute Gasteiger partial charge is 0.311 e. The van der Waals surface area contributed by atoms with E-state index >= 15 is 0 Å². The van der Waals surface area contributed by atoms with Crippen molar-refractivity contribution < 1.29 is 23.9 Å². The first-order valence-corrected chi connectivity index (χ1v) is 14.2. The van der Waals surface area contributed by atoms with Gasteiger partial charge in [0.2, 0.25) is 5.91 Å². The zero-order valence-corrected chi connectivity index (χ0v) is 25.2. The standard InChI is InChI=1S/C34H45NO5/c1-8-12-32(37)39-29-20-18-27(23-30(29)40-33(38)13-9-2)35-31(36)22-25(4)15-10-14-24(3)17-19-28-26(5)16-11-21-34(28,6)7/h10,14-15,17-20,22-23H,8-9,11-13,16,21H2,1-7H3,(H,35,36)/b15-10+,19-17+,24-14+,25-22+. The number of amides is 1. The predicted octanol–water partition coefficient (Wildman–Crippen LogP) is 8.57. The number of allylic oxidation sites excluding steroid dienone is 9. The number of esters is 2. The van der Waals surface area contributed by atoms with E-state index in [0.717, 1.165) is 11.1 Å². The number of nitrogens with one attached hydrogen (secondary N) is 1. The maximum absolute atomic E-state index is 12.6. The van der Waals surface area contributed by atoms with Crippen molar-refractivity contribution in [3.63, 3.8) is 0 Å². The first-order chi connectivity index (χ1) is 18.9. The fourth-order valence-electron chi connectivity index (χ4n) is 4.57. The van der Waals surface area contributed by atoms with Crippen LogP contribution in [-0.4, -0.2) is 17.8 Å². The van der Waals surface area contributed by atoms with Gasteiger partial charge in [-0.15, -0.1) is 0 Å². The van der Waals surface area contributed by atoms with Crippen molar-refractivity contribution in [1.82, 2.24) is 0 Å². The van der Waals surface area contributed by atoms with Gasteiger partial charge in [-0.3, -0.25) is 14.4 Å². The molecule has 0 fully saturated rings. The Kier molecular flexibility index (Phi) is 12.9. The first-order valence-electron chi connectivity index (χ1n) is 14.2. The Balaban J connectivity index is 2.08. The van der Waals surface area contributed by atoms with Crippen molar-refractivity contribution in [3.05, 3.63) is 76.9 Å². The molecule has 1 amide bonds. The Hall–Kier alpha value is -3.67. The minimum absolute atomic E-state index is 0.0949. The number of carbonyl (C=O) groups excluding carboxylic acids is 3. The minimum atomic E-state index is -0.438. The van der Waals surface area contributed by atoms with Crippen molar-refractivity contribution >= 4 is 23.5 Å². The molecule has 0 unspecified atom stereocenters. The average molecular weight is 548 g/mol. The summed E-state index contributed by atoms with van der Waals surface area (Å²) in [5.74, 6) is -0.941. The second kappa shape index (κ2) is 15.8. The normalized spacial score (nSPS) is 16.0. The molecule has 0 aliphatic heterocycles. The van der Waals surface area contributed by atoms with Crippen LogP contribution in [0.5, 0.6) is 11.5 Å². The summed E-state index contributed by atoms with van der Waals surface area (Å²) in [5.41, 5.74) is 5.43. The van der Waals surface area contributed by atoms with Gasteiger partial charge in [-0.05, 0) is 81.6 Å². The van der Waals surface area contributed by atoms with Crippen molar-refractivity contribution in [3.8, 4) is 11.5 Å². The molecule has 0 spiro atoms. The highest BCUT2D eigenvalue weighted by atomic mass is 16.6. The highest BCUT2D eigenvalue weighted by Crippen LogP contribution is 2.40. The van der Waals surface area contributed by atoms with E-state index in [1.807, 2.05) is 39.0 Å². The molecular weight excluding hydrogens is 502 g/mol. The van der Waals surface area contributed by atoms with Crippen LogP contribution in [0.15, 0.2) is 76.9 Å². The molecule has 1 aromatic carbocycles. The van der Waals surface area contributed by atoms with Gasteiger partial charge in [0.15, 0.2) is 11.5 Å². The third-order valence-electron chi connectivity index (χ3n) is 6.70. The lowest BCUT2D eigenvalue weighted by atomic mass is 9.72. The van der Waals surface area contributed by atoms with E-state index in [0.29, 0.717) is 18.5 Å². The van der Waals surface area contributed by atoms with Gasteiger partial charge >= 0.3 is 11.9 Å². The fraction of sp³-hybridized carbons (Fsp3) is 0.441. The van der Waals surface area contributed by atoms with Crippen LogP contribution < -0.4 is 14.8 Å². The predicted molar refractivity (Wildman–Crippen MR) is 162 cm³/mol. The van der Waals surface area contributed by atoms with Crippen LogP contribution in [0.25, 0.3) is 0 Å². The van der Waals surface area contributed by atoms with Crippen LogP contribution in [0.1, 0.15) is 93.4 Å². The van der Waals surface area contributed by atoms with Crippen molar-refractivity contribution in [2.45, 2.75) is 93.4 Å². The molecular formula is C34H45NO5. The van der Waals surface area contributed by atoms with Crippen molar-refractivity contribution in [1.29, 1.82) is 0 Å². The summed E-state index contributed by atoms with van der Waals surface area (Å²) in [6.45, 7) is 14.5. The van der Waals surface area contributed by atoms with Crippen LogP contribution in [-0.2, 0) is 14.4 Å². The van der Waals surface area contributed by atoms with Crippen LogP contribution in [0, 0.1) is 5.41 Å². The van der Waals surface area contributed by atoms with Gasteiger partial charge in [0.05, 0.1) is 0 Å². The molecule has 0 aromatic heterocycles. The summed E-state index contributed by atoms with van der Waals surface area (Å²) in [4.78, 5) is 36.7. The molecule has 0 saturated heterocycles. The lowest BCUT2D eigenvalue weighted by Crippen LogP contribution is -2.19. The zero-order valence-electron chi connectivity index (χ0n) is 25.2. The summed E-state index contributed by atoms with van der Waals surface area (Å²) >= 11 is 0. The van der Waals surface area contributed by atoms with Crippen LogP contribution >= 0.6 is 0 Å². The minimum Gasteiger partial charge on any atom is -0.423 e. The van der Waals surface area contributed by atoms with Crippen molar-refractivity contribution in [2.24, 2.45) is 5.41 Å². The van der Waals surface area contributed by atoms with E-state index in [2.05, 4.69) is 45.2 Å². The molecule has 0 bridgehead atoms. The Bertz CT molecular complexity index is 1230. The number of carbonyl (C=O) groups is 3. The summed E-state index contributed by atoms with van der Waals surface area (Å²) < 4.78 is 10.8. The highest BCUT2D eigenvalue weighted by molar-refractivity contribution is 6.00. The van der Waals surface area contributed by atoms with E-state index in [-0.39, 0.29) is 35.7 Å². The van der Waals surface area contributed by atoms with Crippen LogP contribution in [0.3, 0.4) is 0 Å². The lowest BCUT2D eigenvalue weighted by molar-refractivity contribution is -0.137. The van der Waals surface area contributed by atoms with Gasteiger partial charge in [0.1, 0.15) is 0 Å². The number of ether oxygens (including phenoxy) is 2.